The Bertz CT molecular complexity index is 450. The third-order valence-electron chi connectivity index (χ3n) is 3.25. The number of amides is 1. The van der Waals surface area contributed by atoms with E-state index < -0.39 is 0 Å². The highest BCUT2D eigenvalue weighted by atomic mass is 32.2. The summed E-state index contributed by atoms with van der Waals surface area (Å²) in [5, 5.41) is -0.351. The molecule has 0 spiro atoms. The Balaban J connectivity index is 1.57. The second kappa shape index (κ2) is 8.21. The van der Waals surface area contributed by atoms with Crippen molar-refractivity contribution in [2.24, 2.45) is 5.73 Å². The Morgan fingerprint density at radius 1 is 1.24 bits per heavy atom. The number of carbonyl (C=O) groups excluding carboxylic acids is 1. The van der Waals surface area contributed by atoms with E-state index in [-0.39, 0.29) is 11.1 Å². The topological polar surface area (TPSA) is 58.8 Å². The molecule has 7 heteroatoms. The first-order chi connectivity index (χ1) is 10.1. The van der Waals surface area contributed by atoms with Crippen molar-refractivity contribution in [1.82, 2.24) is 9.21 Å². The molecule has 0 saturated carbocycles. The van der Waals surface area contributed by atoms with Gasteiger partial charge in [0.2, 0.25) is 0 Å². The van der Waals surface area contributed by atoms with Crippen LogP contribution in [0, 0.1) is 5.82 Å². The minimum Gasteiger partial charge on any atom is -0.494 e. The molecule has 1 saturated heterocycles. The third kappa shape index (κ3) is 5.91. The van der Waals surface area contributed by atoms with Gasteiger partial charge < -0.3 is 15.4 Å². The van der Waals surface area contributed by atoms with Crippen molar-refractivity contribution in [2.45, 2.75) is 6.42 Å². The number of hydrogen-bond donors (Lipinski definition) is 1. The van der Waals surface area contributed by atoms with Crippen LogP contribution in [0.25, 0.3) is 0 Å². The normalized spacial score (nSPS) is 16.8. The lowest BCUT2D eigenvalue weighted by Crippen LogP contribution is -2.44. The lowest BCUT2D eigenvalue weighted by molar-refractivity contribution is 0.181. The number of nitrogens with two attached hydrogens (primary N) is 1. The minimum absolute atomic E-state index is 0.256. The highest BCUT2D eigenvalue weighted by molar-refractivity contribution is 8.11. The summed E-state index contributed by atoms with van der Waals surface area (Å²) in [5.74, 6) is 0.438. The Morgan fingerprint density at radius 2 is 1.90 bits per heavy atom. The smallest absolute Gasteiger partial charge is 0.291 e. The molecule has 116 valence electrons. The summed E-state index contributed by atoms with van der Waals surface area (Å²) in [5.41, 5.74) is 5.15. The molecule has 0 aliphatic carbocycles. The van der Waals surface area contributed by atoms with E-state index >= 15 is 0 Å². The van der Waals surface area contributed by atoms with Crippen LogP contribution in [-0.2, 0) is 0 Å². The predicted molar refractivity (Wildman–Crippen MR) is 81.7 cm³/mol. The molecule has 0 aromatic heterocycles. The van der Waals surface area contributed by atoms with E-state index in [2.05, 4.69) is 4.90 Å². The Labute approximate surface area is 128 Å². The molecule has 1 aromatic rings. The van der Waals surface area contributed by atoms with Crippen molar-refractivity contribution in [3.63, 3.8) is 0 Å². The van der Waals surface area contributed by atoms with Gasteiger partial charge in [-0.25, -0.2) is 8.70 Å². The van der Waals surface area contributed by atoms with E-state index in [9.17, 15) is 9.18 Å². The molecule has 1 aliphatic heterocycles. The molecule has 1 amide bonds. The Kier molecular flexibility index (Phi) is 6.28. The molecule has 0 atom stereocenters. The summed E-state index contributed by atoms with van der Waals surface area (Å²) in [7, 11) is 0. The van der Waals surface area contributed by atoms with Crippen LogP contribution in [0.5, 0.6) is 5.75 Å². The van der Waals surface area contributed by atoms with Gasteiger partial charge in [0.25, 0.3) is 5.24 Å². The van der Waals surface area contributed by atoms with Crippen molar-refractivity contribution in [3.05, 3.63) is 30.1 Å². The number of piperazine rings is 1. The van der Waals surface area contributed by atoms with Crippen LogP contribution in [0.2, 0.25) is 0 Å². The molecule has 0 radical (unpaired) electrons. The molecule has 2 rings (SSSR count). The van der Waals surface area contributed by atoms with Gasteiger partial charge in [-0.3, -0.25) is 4.79 Å². The largest absolute Gasteiger partial charge is 0.494 e. The molecule has 21 heavy (non-hydrogen) atoms. The number of carbonyl (C=O) groups is 1. The first-order valence-corrected chi connectivity index (χ1v) is 7.74. The molecule has 1 fully saturated rings. The van der Waals surface area contributed by atoms with Gasteiger partial charge in [0.1, 0.15) is 11.6 Å². The number of benzene rings is 1. The summed E-state index contributed by atoms with van der Waals surface area (Å²) in [6.45, 7) is 5.10. The molecule has 1 heterocycles. The predicted octanol–water partition coefficient (Wildman–Crippen LogP) is 1.94. The number of rotatable bonds is 6. The fourth-order valence-corrected chi connectivity index (χ4v) is 2.78. The molecular weight excluding hydrogens is 293 g/mol. The zero-order chi connectivity index (χ0) is 15.1. The molecule has 0 unspecified atom stereocenters. The van der Waals surface area contributed by atoms with Crippen LogP contribution in [0.3, 0.4) is 0 Å². The molecule has 1 aliphatic rings. The van der Waals surface area contributed by atoms with E-state index in [0.29, 0.717) is 12.4 Å². The zero-order valence-corrected chi connectivity index (χ0v) is 12.7. The van der Waals surface area contributed by atoms with Gasteiger partial charge in [-0.2, -0.15) is 0 Å². The highest BCUT2D eigenvalue weighted by Gasteiger charge is 2.18. The van der Waals surface area contributed by atoms with Crippen LogP contribution in [-0.4, -0.2) is 53.8 Å². The maximum absolute atomic E-state index is 12.7. The lowest BCUT2D eigenvalue weighted by Gasteiger charge is -2.32. The number of halogens is 1. The maximum atomic E-state index is 12.7. The molecular formula is C14H20FN3O2S. The van der Waals surface area contributed by atoms with E-state index in [1.807, 2.05) is 4.31 Å². The maximum Gasteiger partial charge on any atom is 0.291 e. The first-order valence-electron chi connectivity index (χ1n) is 6.96. The number of primary amides is 1. The summed E-state index contributed by atoms with van der Waals surface area (Å²) in [4.78, 5) is 13.1. The highest BCUT2D eigenvalue weighted by Crippen LogP contribution is 2.14. The molecule has 2 N–H and O–H groups in total. The van der Waals surface area contributed by atoms with Crippen LogP contribution in [0.1, 0.15) is 6.42 Å². The summed E-state index contributed by atoms with van der Waals surface area (Å²) in [6.07, 6.45) is 0.917. The molecule has 0 bridgehead atoms. The van der Waals surface area contributed by atoms with E-state index in [1.165, 1.54) is 12.1 Å². The van der Waals surface area contributed by atoms with E-state index in [4.69, 9.17) is 10.5 Å². The standard InChI is InChI=1S/C14H20FN3O2S/c15-12-2-4-13(5-3-12)20-11-1-6-17-7-9-18(10-8-17)21-14(16)19/h2-5H,1,6-11H2,(H2,16,19). The van der Waals surface area contributed by atoms with Gasteiger partial charge in [-0.1, -0.05) is 0 Å². The molecule has 5 nitrogen and oxygen atoms in total. The van der Waals surface area contributed by atoms with Gasteiger partial charge >= 0.3 is 0 Å². The monoisotopic (exact) mass is 313 g/mol. The summed E-state index contributed by atoms with van der Waals surface area (Å²) < 4.78 is 20.3. The number of ether oxygens (including phenoxy) is 1. The van der Waals surface area contributed by atoms with Gasteiger partial charge in [0.05, 0.1) is 6.61 Å². The average molecular weight is 313 g/mol. The number of nitrogens with zero attached hydrogens (tertiary/aromatic N) is 2. The van der Waals surface area contributed by atoms with Crippen molar-refractivity contribution >= 4 is 17.2 Å². The van der Waals surface area contributed by atoms with E-state index in [1.54, 1.807) is 12.1 Å². The lowest BCUT2D eigenvalue weighted by atomic mass is 10.3. The minimum atomic E-state index is -0.351. The van der Waals surface area contributed by atoms with Crippen molar-refractivity contribution in [1.29, 1.82) is 0 Å². The van der Waals surface area contributed by atoms with Gasteiger partial charge in [-0.15, -0.1) is 0 Å². The van der Waals surface area contributed by atoms with Crippen LogP contribution >= 0.6 is 11.9 Å². The van der Waals surface area contributed by atoms with Crippen LogP contribution < -0.4 is 10.5 Å². The molecule has 1 aromatic carbocycles. The number of hydrogen-bond acceptors (Lipinski definition) is 5. The summed E-state index contributed by atoms with van der Waals surface area (Å²) >= 11 is 1.09. The third-order valence-corrected chi connectivity index (χ3v) is 4.05. The van der Waals surface area contributed by atoms with Gasteiger partial charge in [0.15, 0.2) is 0 Å². The van der Waals surface area contributed by atoms with Gasteiger partial charge in [-0.05, 0) is 30.7 Å². The average Bonchev–Trinajstić information content (AvgIpc) is 2.46. The quantitative estimate of drug-likeness (QED) is 0.642. The fourth-order valence-electron chi connectivity index (χ4n) is 2.18. The van der Waals surface area contributed by atoms with Gasteiger partial charge in [0, 0.05) is 44.7 Å². The van der Waals surface area contributed by atoms with Crippen molar-refractivity contribution in [3.8, 4) is 5.75 Å². The van der Waals surface area contributed by atoms with Crippen molar-refractivity contribution < 1.29 is 13.9 Å². The second-order valence-electron chi connectivity index (χ2n) is 4.84. The summed E-state index contributed by atoms with van der Waals surface area (Å²) in [6, 6.07) is 6.06. The second-order valence-corrected chi connectivity index (χ2v) is 5.94. The van der Waals surface area contributed by atoms with E-state index in [0.717, 1.165) is 51.1 Å². The van der Waals surface area contributed by atoms with Crippen molar-refractivity contribution in [2.75, 3.05) is 39.3 Å². The SMILES string of the molecule is NC(=O)SN1CCN(CCCOc2ccc(F)cc2)CC1. The van der Waals surface area contributed by atoms with Crippen LogP contribution in [0.4, 0.5) is 9.18 Å². The first kappa shape index (κ1) is 16.1. The Hall–Kier alpha value is -1.31. The Morgan fingerprint density at radius 3 is 2.52 bits per heavy atom. The fraction of sp³-hybridized carbons (Fsp3) is 0.500. The zero-order valence-electron chi connectivity index (χ0n) is 11.8. The van der Waals surface area contributed by atoms with Crippen LogP contribution in [0.15, 0.2) is 24.3 Å².